The molecule has 1 atom stereocenters. The van der Waals surface area contributed by atoms with Gasteiger partial charge in [-0.05, 0) is 38.3 Å². The summed E-state index contributed by atoms with van der Waals surface area (Å²) in [7, 11) is 0. The Labute approximate surface area is 164 Å². The fraction of sp³-hybridized carbons (Fsp3) is 0.476. The molecule has 0 radical (unpaired) electrons. The molecule has 0 bridgehead atoms. The fourth-order valence-corrected chi connectivity index (χ4v) is 3.65. The van der Waals surface area contributed by atoms with Crippen molar-refractivity contribution in [1.29, 1.82) is 0 Å². The molecule has 7 nitrogen and oxygen atoms in total. The van der Waals surface area contributed by atoms with Crippen LogP contribution in [0, 0.1) is 0 Å². The lowest BCUT2D eigenvalue weighted by atomic mass is 9.83. The number of nitrogens with zero attached hydrogens (tertiary/aromatic N) is 3. The van der Waals surface area contributed by atoms with Crippen molar-refractivity contribution in [2.75, 3.05) is 25.1 Å². The van der Waals surface area contributed by atoms with Crippen molar-refractivity contribution in [2.24, 2.45) is 0 Å². The predicted octanol–water partition coefficient (Wildman–Crippen LogP) is 2.72. The van der Waals surface area contributed by atoms with Gasteiger partial charge in [-0.25, -0.2) is 4.68 Å². The molecule has 0 spiro atoms. The van der Waals surface area contributed by atoms with E-state index in [1.54, 1.807) is 9.58 Å². The SMILES string of the molecule is C[C@H]1CCOCCN1C(=O)C(=O)Nc1cc(C2CCC2)nn1-c1ccccc1. The average Bonchev–Trinajstić information content (AvgIpc) is 2.93. The van der Waals surface area contributed by atoms with Crippen molar-refractivity contribution in [3.8, 4) is 5.69 Å². The fourth-order valence-electron chi connectivity index (χ4n) is 3.65. The van der Waals surface area contributed by atoms with Crippen molar-refractivity contribution in [3.63, 3.8) is 0 Å². The van der Waals surface area contributed by atoms with Gasteiger partial charge in [0.2, 0.25) is 0 Å². The Bertz CT molecular complexity index is 845. The molecule has 1 saturated carbocycles. The number of nitrogens with one attached hydrogen (secondary N) is 1. The Kier molecular flexibility index (Phi) is 5.43. The maximum Gasteiger partial charge on any atom is 0.315 e. The van der Waals surface area contributed by atoms with Crippen LogP contribution in [-0.4, -0.2) is 52.3 Å². The Balaban J connectivity index is 1.56. The van der Waals surface area contributed by atoms with E-state index in [1.807, 2.05) is 43.3 Å². The van der Waals surface area contributed by atoms with Crippen molar-refractivity contribution in [1.82, 2.24) is 14.7 Å². The van der Waals surface area contributed by atoms with Crippen LogP contribution in [0.3, 0.4) is 0 Å². The maximum absolute atomic E-state index is 12.8. The molecule has 2 aliphatic rings. The highest BCUT2D eigenvalue weighted by molar-refractivity contribution is 6.39. The quantitative estimate of drug-likeness (QED) is 0.828. The van der Waals surface area contributed by atoms with Gasteiger partial charge >= 0.3 is 11.8 Å². The molecule has 1 saturated heterocycles. The van der Waals surface area contributed by atoms with Gasteiger partial charge in [0, 0.05) is 31.2 Å². The van der Waals surface area contributed by atoms with Crippen molar-refractivity contribution in [3.05, 3.63) is 42.1 Å². The van der Waals surface area contributed by atoms with Gasteiger partial charge in [-0.1, -0.05) is 24.6 Å². The normalized spacial score (nSPS) is 20.3. The standard InChI is InChI=1S/C21H26N4O3/c1-15-10-12-28-13-11-24(15)21(27)20(26)22-19-14-18(16-6-5-7-16)23-25(19)17-8-3-2-4-9-17/h2-4,8-9,14-16H,5-7,10-13H2,1H3,(H,22,26)/t15-/m0/s1. The van der Waals surface area contributed by atoms with Crippen LogP contribution in [0.15, 0.2) is 36.4 Å². The number of para-hydroxylation sites is 1. The highest BCUT2D eigenvalue weighted by atomic mass is 16.5. The average molecular weight is 382 g/mol. The number of amides is 2. The number of hydrogen-bond donors (Lipinski definition) is 1. The summed E-state index contributed by atoms with van der Waals surface area (Å²) in [5.74, 6) is -0.195. The Hall–Kier alpha value is -2.67. The van der Waals surface area contributed by atoms with E-state index in [9.17, 15) is 9.59 Å². The zero-order valence-electron chi connectivity index (χ0n) is 16.1. The monoisotopic (exact) mass is 382 g/mol. The lowest BCUT2D eigenvalue weighted by Gasteiger charge is -2.25. The van der Waals surface area contributed by atoms with Crippen molar-refractivity contribution >= 4 is 17.6 Å². The zero-order valence-corrected chi connectivity index (χ0v) is 16.1. The first kappa shape index (κ1) is 18.7. The predicted molar refractivity (Wildman–Crippen MR) is 105 cm³/mol. The molecule has 148 valence electrons. The van der Waals surface area contributed by atoms with Gasteiger partial charge in [-0.15, -0.1) is 0 Å². The van der Waals surface area contributed by atoms with Gasteiger partial charge in [-0.2, -0.15) is 5.10 Å². The summed E-state index contributed by atoms with van der Waals surface area (Å²) in [6.07, 6.45) is 4.16. The summed E-state index contributed by atoms with van der Waals surface area (Å²) in [5, 5.41) is 7.51. The van der Waals surface area contributed by atoms with E-state index in [2.05, 4.69) is 5.32 Å². The lowest BCUT2D eigenvalue weighted by molar-refractivity contribution is -0.144. The van der Waals surface area contributed by atoms with E-state index in [-0.39, 0.29) is 6.04 Å². The van der Waals surface area contributed by atoms with Gasteiger partial charge in [0.15, 0.2) is 0 Å². The van der Waals surface area contributed by atoms with Crippen LogP contribution in [0.2, 0.25) is 0 Å². The Morgan fingerprint density at radius 3 is 2.64 bits per heavy atom. The highest BCUT2D eigenvalue weighted by Gasteiger charge is 2.29. The van der Waals surface area contributed by atoms with E-state index in [0.29, 0.717) is 31.5 Å². The second-order valence-corrected chi connectivity index (χ2v) is 7.53. The van der Waals surface area contributed by atoms with Crippen molar-refractivity contribution < 1.29 is 14.3 Å². The summed E-state index contributed by atoms with van der Waals surface area (Å²) in [4.78, 5) is 27.1. The number of ether oxygens (including phenoxy) is 1. The molecule has 2 amide bonds. The van der Waals surface area contributed by atoms with Crippen LogP contribution in [0.1, 0.15) is 44.2 Å². The van der Waals surface area contributed by atoms with Gasteiger partial charge in [0.1, 0.15) is 5.82 Å². The molecular formula is C21H26N4O3. The van der Waals surface area contributed by atoms with E-state index in [0.717, 1.165) is 30.6 Å². The molecule has 0 unspecified atom stereocenters. The van der Waals surface area contributed by atoms with Crippen LogP contribution in [-0.2, 0) is 14.3 Å². The second kappa shape index (κ2) is 8.14. The molecule has 2 heterocycles. The summed E-state index contributed by atoms with van der Waals surface area (Å²) in [6, 6.07) is 11.5. The third-order valence-electron chi connectivity index (χ3n) is 5.64. The van der Waals surface area contributed by atoms with Crippen LogP contribution < -0.4 is 5.32 Å². The highest BCUT2D eigenvalue weighted by Crippen LogP contribution is 2.37. The summed E-state index contributed by atoms with van der Waals surface area (Å²) < 4.78 is 7.15. The number of hydrogen-bond acceptors (Lipinski definition) is 4. The van der Waals surface area contributed by atoms with Crippen LogP contribution in [0.4, 0.5) is 5.82 Å². The molecule has 1 aromatic heterocycles. The minimum absolute atomic E-state index is 0.0229. The maximum atomic E-state index is 12.8. The molecule has 2 aromatic rings. The smallest absolute Gasteiger partial charge is 0.315 e. The van der Waals surface area contributed by atoms with E-state index in [4.69, 9.17) is 9.84 Å². The number of rotatable bonds is 3. The minimum atomic E-state index is -0.633. The van der Waals surface area contributed by atoms with Crippen LogP contribution >= 0.6 is 0 Å². The van der Waals surface area contributed by atoms with Crippen LogP contribution in [0.5, 0.6) is 0 Å². The first-order chi connectivity index (χ1) is 13.6. The largest absolute Gasteiger partial charge is 0.380 e. The number of aromatic nitrogens is 2. The number of carbonyl (C=O) groups is 2. The van der Waals surface area contributed by atoms with Crippen LogP contribution in [0.25, 0.3) is 5.69 Å². The molecule has 1 aromatic carbocycles. The van der Waals surface area contributed by atoms with E-state index in [1.165, 1.54) is 6.42 Å². The van der Waals surface area contributed by atoms with E-state index >= 15 is 0 Å². The molecule has 7 heteroatoms. The summed E-state index contributed by atoms with van der Waals surface area (Å²) in [6.45, 7) is 3.44. The molecule has 1 aliphatic heterocycles. The topological polar surface area (TPSA) is 76.5 Å². The van der Waals surface area contributed by atoms with E-state index < -0.39 is 11.8 Å². The Morgan fingerprint density at radius 2 is 1.93 bits per heavy atom. The zero-order chi connectivity index (χ0) is 19.5. The van der Waals surface area contributed by atoms with Gasteiger partial charge in [0.25, 0.3) is 0 Å². The third kappa shape index (κ3) is 3.80. The molecule has 1 aliphatic carbocycles. The molecule has 1 N–H and O–H groups in total. The Morgan fingerprint density at radius 1 is 1.14 bits per heavy atom. The van der Waals surface area contributed by atoms with Gasteiger partial charge in [-0.3, -0.25) is 9.59 Å². The number of benzene rings is 1. The minimum Gasteiger partial charge on any atom is -0.380 e. The number of anilines is 1. The first-order valence-corrected chi connectivity index (χ1v) is 9.98. The van der Waals surface area contributed by atoms with Gasteiger partial charge < -0.3 is 15.0 Å². The third-order valence-corrected chi connectivity index (χ3v) is 5.64. The number of carbonyl (C=O) groups excluding carboxylic acids is 2. The molecule has 28 heavy (non-hydrogen) atoms. The summed E-state index contributed by atoms with van der Waals surface area (Å²) >= 11 is 0. The lowest BCUT2D eigenvalue weighted by Crippen LogP contribution is -2.45. The summed E-state index contributed by atoms with van der Waals surface area (Å²) in [5.41, 5.74) is 1.82. The first-order valence-electron chi connectivity index (χ1n) is 9.98. The molecule has 2 fully saturated rings. The second-order valence-electron chi connectivity index (χ2n) is 7.53. The van der Waals surface area contributed by atoms with Crippen molar-refractivity contribution in [2.45, 2.75) is 44.6 Å². The molecular weight excluding hydrogens is 356 g/mol. The van der Waals surface area contributed by atoms with Gasteiger partial charge in [0.05, 0.1) is 18.0 Å². The molecule has 4 rings (SSSR count).